The number of hydrogen-bond acceptors (Lipinski definition) is 9. The third-order valence-corrected chi connectivity index (χ3v) is 8.32. The fourth-order valence-corrected chi connectivity index (χ4v) is 5.49. The number of benzene rings is 2. The van der Waals surface area contributed by atoms with Gasteiger partial charge in [0.15, 0.2) is 5.82 Å². The number of carbonyl (C=O) groups excluding carboxylic acids is 2. The summed E-state index contributed by atoms with van der Waals surface area (Å²) in [7, 11) is 0. The number of alkyl halides is 6. The molecule has 0 unspecified atom stereocenters. The van der Waals surface area contributed by atoms with Crippen LogP contribution in [0.5, 0.6) is 0 Å². The number of amides is 2. The summed E-state index contributed by atoms with van der Waals surface area (Å²) in [6.45, 7) is 1.67. The molecule has 0 aliphatic carbocycles. The Kier molecular flexibility index (Phi) is 13.7. The average Bonchev–Trinajstić information content (AvgIpc) is 3.15. The third-order valence-electron chi connectivity index (χ3n) is 8.32. The van der Waals surface area contributed by atoms with E-state index in [1.54, 1.807) is 35.4 Å². The van der Waals surface area contributed by atoms with Crippen LogP contribution in [0.25, 0.3) is 0 Å². The number of nitro groups is 1. The van der Waals surface area contributed by atoms with Crippen molar-refractivity contribution in [2.45, 2.75) is 25.2 Å². The number of anilines is 5. The van der Waals surface area contributed by atoms with E-state index in [0.29, 0.717) is 60.8 Å². The topological polar surface area (TPSA) is 160 Å². The fourth-order valence-electron chi connectivity index (χ4n) is 5.49. The molecule has 0 bridgehead atoms. The zero-order chi connectivity index (χ0) is 39.0. The Morgan fingerprint density at radius 3 is 1.49 bits per heavy atom. The first kappa shape index (κ1) is 41.9. The molecular formula is C36H32F6N8O4Zn. The largest absolute Gasteiger partial charge is 0.416 e. The van der Waals surface area contributed by atoms with E-state index < -0.39 is 34.3 Å². The van der Waals surface area contributed by atoms with Gasteiger partial charge in [-0.25, -0.2) is 9.97 Å². The second-order valence-electron chi connectivity index (χ2n) is 11.9. The van der Waals surface area contributed by atoms with E-state index in [0.717, 1.165) is 24.3 Å². The standard InChI is InChI=1S/C18H15F3N4O3.C18H17F3N4O.Zn/c19-18(20,21)13-3-5-14(6-4-13)23-17(26)12-7-10-24(11-8-12)16-15(25(27)28)2-1-9-22-16;19-18(20,21)13-3-5-14(6-4-13)24-17(26)12-7-10-25(11-8-12)16-15(22)2-1-9-23-16;/h1-7,9H,8,10-11H2,(H,23,26);1-7,9H,8,10-11,22H2,(H,24,26);. The molecule has 0 atom stereocenters. The predicted octanol–water partition coefficient (Wildman–Crippen LogP) is 7.24. The van der Waals surface area contributed by atoms with Gasteiger partial charge in [-0.05, 0) is 79.6 Å². The van der Waals surface area contributed by atoms with Crippen LogP contribution in [-0.2, 0) is 41.4 Å². The molecule has 4 heterocycles. The van der Waals surface area contributed by atoms with Gasteiger partial charge in [0.05, 0.1) is 21.7 Å². The van der Waals surface area contributed by atoms with E-state index >= 15 is 0 Å². The summed E-state index contributed by atoms with van der Waals surface area (Å²) in [5, 5.41) is 16.3. The van der Waals surface area contributed by atoms with Crippen molar-refractivity contribution in [1.29, 1.82) is 0 Å². The van der Waals surface area contributed by atoms with Crippen molar-refractivity contribution < 1.29 is 60.3 Å². The number of hydrogen-bond donors (Lipinski definition) is 3. The van der Waals surface area contributed by atoms with Crippen LogP contribution in [0.3, 0.4) is 0 Å². The third kappa shape index (κ3) is 11.1. The number of carbonyl (C=O) groups is 2. The van der Waals surface area contributed by atoms with Crippen LogP contribution in [0.15, 0.2) is 108 Å². The van der Waals surface area contributed by atoms with Gasteiger partial charge in [-0.2, -0.15) is 26.3 Å². The van der Waals surface area contributed by atoms with E-state index in [1.807, 2.05) is 4.90 Å². The van der Waals surface area contributed by atoms with Gasteiger partial charge in [-0.1, -0.05) is 12.2 Å². The van der Waals surface area contributed by atoms with Gasteiger partial charge in [0.2, 0.25) is 5.82 Å². The molecule has 4 N–H and O–H groups in total. The summed E-state index contributed by atoms with van der Waals surface area (Å²) in [6, 6.07) is 14.9. The number of aromatic nitrogens is 2. The van der Waals surface area contributed by atoms with Crippen LogP contribution in [0, 0.1) is 10.1 Å². The summed E-state index contributed by atoms with van der Waals surface area (Å²) in [5.41, 5.74) is 6.41. The molecule has 6 rings (SSSR count). The molecule has 2 aromatic heterocycles. The van der Waals surface area contributed by atoms with Crippen molar-refractivity contribution >= 4 is 46.2 Å². The van der Waals surface area contributed by atoms with E-state index in [2.05, 4.69) is 20.6 Å². The number of rotatable bonds is 7. The summed E-state index contributed by atoms with van der Waals surface area (Å²) >= 11 is 0. The number of nitrogens with one attached hydrogen (secondary N) is 2. The number of nitrogen functional groups attached to an aromatic ring is 1. The second-order valence-corrected chi connectivity index (χ2v) is 11.9. The van der Waals surface area contributed by atoms with Crippen molar-refractivity contribution in [3.05, 3.63) is 130 Å². The van der Waals surface area contributed by atoms with Gasteiger partial charge in [-0.15, -0.1) is 0 Å². The molecule has 2 aromatic carbocycles. The van der Waals surface area contributed by atoms with Crippen molar-refractivity contribution in [3.8, 4) is 0 Å². The molecule has 2 aliphatic heterocycles. The minimum Gasteiger partial charge on any atom is -0.396 e. The van der Waals surface area contributed by atoms with Crippen molar-refractivity contribution in [1.82, 2.24) is 9.97 Å². The molecule has 2 amide bonds. The Morgan fingerprint density at radius 2 is 1.11 bits per heavy atom. The molecule has 0 saturated carbocycles. The van der Waals surface area contributed by atoms with Gasteiger partial charge in [-0.3, -0.25) is 19.7 Å². The van der Waals surface area contributed by atoms with Crippen LogP contribution in [-0.4, -0.2) is 52.9 Å². The number of nitrogens with two attached hydrogens (primary N) is 1. The molecular weight excluding hydrogens is 788 g/mol. The van der Waals surface area contributed by atoms with Crippen LogP contribution in [0.1, 0.15) is 24.0 Å². The van der Waals surface area contributed by atoms with E-state index in [9.17, 15) is 46.0 Å². The molecule has 0 spiro atoms. The van der Waals surface area contributed by atoms with Gasteiger partial charge in [0.25, 0.3) is 11.8 Å². The maximum absolute atomic E-state index is 12.6. The van der Waals surface area contributed by atoms with Gasteiger partial charge in [0, 0.05) is 86.6 Å². The summed E-state index contributed by atoms with van der Waals surface area (Å²) in [5.74, 6) is 0.158. The SMILES string of the molecule is Nc1cccnc1N1CC=C(C(=O)Nc2ccc(C(F)(F)F)cc2)CC1.O=C(Nc1ccc(C(F)(F)F)cc1)C1=CCN(c2ncccc2[N+](=O)[O-])CC1.[Zn]. The molecule has 12 nitrogen and oxygen atoms in total. The van der Waals surface area contributed by atoms with E-state index in [1.165, 1.54) is 42.6 Å². The minimum absolute atomic E-state index is 0. The van der Waals surface area contributed by atoms with Crippen LogP contribution in [0.4, 0.5) is 60.7 Å². The zero-order valence-electron chi connectivity index (χ0n) is 28.9. The predicted molar refractivity (Wildman–Crippen MR) is 190 cm³/mol. The normalized spacial score (nSPS) is 14.3. The molecule has 284 valence electrons. The first-order valence-electron chi connectivity index (χ1n) is 16.2. The smallest absolute Gasteiger partial charge is 0.396 e. The quantitative estimate of drug-likeness (QED) is 0.0757. The summed E-state index contributed by atoms with van der Waals surface area (Å²) in [4.78, 5) is 47.2. The zero-order valence-corrected chi connectivity index (χ0v) is 31.9. The van der Waals surface area contributed by atoms with Crippen molar-refractivity contribution in [2.24, 2.45) is 0 Å². The summed E-state index contributed by atoms with van der Waals surface area (Å²) < 4.78 is 75.4. The molecule has 0 radical (unpaired) electrons. The minimum atomic E-state index is -4.44. The molecule has 0 saturated heterocycles. The molecule has 0 fully saturated rings. The van der Waals surface area contributed by atoms with Gasteiger partial charge in [0.1, 0.15) is 0 Å². The van der Waals surface area contributed by atoms with Crippen molar-refractivity contribution in [3.63, 3.8) is 0 Å². The Morgan fingerprint density at radius 1 is 0.691 bits per heavy atom. The average molecular weight is 820 g/mol. The Labute approximate surface area is 323 Å². The maximum Gasteiger partial charge on any atom is 0.416 e. The molecule has 55 heavy (non-hydrogen) atoms. The van der Waals surface area contributed by atoms with Crippen molar-refractivity contribution in [2.75, 3.05) is 52.3 Å². The Hall–Kier alpha value is -5.84. The van der Waals surface area contributed by atoms with Gasteiger partial charge >= 0.3 is 18.0 Å². The number of halogens is 6. The fraction of sp³-hybridized carbons (Fsp3) is 0.222. The van der Waals surface area contributed by atoms with E-state index in [4.69, 9.17) is 5.73 Å². The molecule has 19 heteroatoms. The van der Waals surface area contributed by atoms with Crippen LogP contribution < -0.4 is 26.2 Å². The molecule has 2 aliphatic rings. The van der Waals surface area contributed by atoms with Crippen LogP contribution in [0.2, 0.25) is 0 Å². The maximum atomic E-state index is 12.6. The summed E-state index contributed by atoms with van der Waals surface area (Å²) in [6.07, 6.45) is -1.51. The van der Waals surface area contributed by atoms with E-state index in [-0.39, 0.29) is 49.1 Å². The second kappa shape index (κ2) is 18.0. The number of nitrogens with zero attached hydrogens (tertiary/aromatic N) is 5. The first-order valence-corrected chi connectivity index (χ1v) is 16.2. The number of pyridine rings is 2. The van der Waals surface area contributed by atoms with Crippen LogP contribution >= 0.6 is 0 Å². The monoisotopic (exact) mass is 818 g/mol. The Balaban J connectivity index is 0.000000241. The Bertz CT molecular complexity index is 2060. The first-order chi connectivity index (χ1) is 25.6. The van der Waals surface area contributed by atoms with Gasteiger partial charge < -0.3 is 26.2 Å². The molecule has 4 aromatic rings.